The number of nitrogens with zero attached hydrogens (tertiary/aromatic N) is 2. The second-order valence-corrected chi connectivity index (χ2v) is 4.75. The lowest BCUT2D eigenvalue weighted by atomic mass is 10.2. The van der Waals surface area contributed by atoms with Crippen molar-refractivity contribution < 1.29 is 4.79 Å². The molecule has 1 heterocycles. The van der Waals surface area contributed by atoms with Gasteiger partial charge in [0.15, 0.2) is 5.69 Å². The second-order valence-electron chi connectivity index (χ2n) is 4.75. The Morgan fingerprint density at radius 3 is 2.88 bits per heavy atom. The lowest BCUT2D eigenvalue weighted by molar-refractivity contribution is 0.0788. The number of nitrogen functional groups attached to an aromatic ring is 1. The number of carbonyl (C=O) groups is 1. The molecule has 0 aliphatic heterocycles. The summed E-state index contributed by atoms with van der Waals surface area (Å²) in [6.07, 6.45) is 4.36. The highest BCUT2D eigenvalue weighted by atomic mass is 16.2. The minimum Gasteiger partial charge on any atom is -0.395 e. The minimum absolute atomic E-state index is 0.0842. The normalized spacial score (nSPS) is 14.9. The number of amides is 1. The maximum atomic E-state index is 12.1. The van der Waals surface area contributed by atoms with Gasteiger partial charge in [-0.05, 0) is 19.3 Å². The van der Waals surface area contributed by atoms with Gasteiger partial charge in [0.25, 0.3) is 5.91 Å². The first-order chi connectivity index (χ1) is 8.15. The molecule has 17 heavy (non-hydrogen) atoms. The summed E-state index contributed by atoms with van der Waals surface area (Å²) in [5.74, 6) is 0.407. The standard InChI is InChI=1S/C12H20N4O/c1-3-4-7-16(2)12(17)11-9(13)10(14-15-11)8-5-6-8/h8H,3-7,13H2,1-2H3,(H,14,15). The molecule has 0 aromatic carbocycles. The van der Waals surface area contributed by atoms with Crippen molar-refractivity contribution in [2.24, 2.45) is 0 Å². The Kier molecular flexibility index (Phi) is 3.36. The molecule has 0 saturated heterocycles. The maximum absolute atomic E-state index is 12.1. The number of hydrogen-bond donors (Lipinski definition) is 2. The summed E-state index contributed by atoms with van der Waals surface area (Å²) < 4.78 is 0. The molecule has 1 amide bonds. The molecular formula is C12H20N4O. The molecule has 0 spiro atoms. The average molecular weight is 236 g/mol. The van der Waals surface area contributed by atoms with E-state index >= 15 is 0 Å². The van der Waals surface area contributed by atoms with Gasteiger partial charge in [0.1, 0.15) is 0 Å². The topological polar surface area (TPSA) is 75.0 Å². The van der Waals surface area contributed by atoms with Crippen molar-refractivity contribution in [3.8, 4) is 0 Å². The van der Waals surface area contributed by atoms with Gasteiger partial charge in [-0.2, -0.15) is 5.10 Å². The van der Waals surface area contributed by atoms with Crippen LogP contribution in [0.1, 0.15) is 54.7 Å². The molecule has 1 aliphatic carbocycles. The minimum atomic E-state index is -0.0842. The Hall–Kier alpha value is -1.52. The first-order valence-corrected chi connectivity index (χ1v) is 6.24. The largest absolute Gasteiger partial charge is 0.395 e. The number of hydrogen-bond acceptors (Lipinski definition) is 3. The van der Waals surface area contributed by atoms with Gasteiger partial charge in [-0.1, -0.05) is 13.3 Å². The number of anilines is 1. The van der Waals surface area contributed by atoms with Crippen LogP contribution in [0.5, 0.6) is 0 Å². The number of unbranched alkanes of at least 4 members (excludes halogenated alkanes) is 1. The summed E-state index contributed by atoms with van der Waals surface area (Å²) in [6.45, 7) is 2.85. The molecule has 0 bridgehead atoms. The zero-order valence-electron chi connectivity index (χ0n) is 10.5. The first-order valence-electron chi connectivity index (χ1n) is 6.24. The van der Waals surface area contributed by atoms with Gasteiger partial charge < -0.3 is 10.6 Å². The third-order valence-corrected chi connectivity index (χ3v) is 3.22. The van der Waals surface area contributed by atoms with Gasteiger partial charge in [-0.15, -0.1) is 0 Å². The molecule has 5 heteroatoms. The highest BCUT2D eigenvalue weighted by Gasteiger charge is 2.30. The van der Waals surface area contributed by atoms with Crippen molar-refractivity contribution in [3.63, 3.8) is 0 Å². The van der Waals surface area contributed by atoms with Gasteiger partial charge in [-0.3, -0.25) is 9.89 Å². The molecule has 1 saturated carbocycles. The zero-order valence-corrected chi connectivity index (χ0v) is 10.5. The van der Waals surface area contributed by atoms with E-state index in [9.17, 15) is 4.79 Å². The molecule has 5 nitrogen and oxygen atoms in total. The fraction of sp³-hybridized carbons (Fsp3) is 0.667. The molecule has 0 radical (unpaired) electrons. The molecular weight excluding hydrogens is 216 g/mol. The number of aromatic nitrogens is 2. The summed E-state index contributed by atoms with van der Waals surface area (Å²) >= 11 is 0. The van der Waals surface area contributed by atoms with Crippen LogP contribution in [-0.4, -0.2) is 34.6 Å². The Labute approximate surface area is 101 Å². The van der Waals surface area contributed by atoms with Crippen molar-refractivity contribution in [3.05, 3.63) is 11.4 Å². The van der Waals surface area contributed by atoms with Gasteiger partial charge in [-0.25, -0.2) is 0 Å². The second kappa shape index (κ2) is 4.77. The van der Waals surface area contributed by atoms with Gasteiger partial charge in [0.2, 0.25) is 0 Å². The van der Waals surface area contributed by atoms with Gasteiger partial charge >= 0.3 is 0 Å². The average Bonchev–Trinajstić information content (AvgIpc) is 3.09. The third kappa shape index (κ3) is 2.43. The summed E-state index contributed by atoms with van der Waals surface area (Å²) in [7, 11) is 1.79. The number of nitrogens with two attached hydrogens (primary N) is 1. The highest BCUT2D eigenvalue weighted by Crippen LogP contribution is 2.42. The van der Waals surface area contributed by atoms with Crippen LogP contribution < -0.4 is 5.73 Å². The van der Waals surface area contributed by atoms with E-state index in [0.717, 1.165) is 37.9 Å². The fourth-order valence-electron chi connectivity index (χ4n) is 1.89. The van der Waals surface area contributed by atoms with Crippen molar-refractivity contribution >= 4 is 11.6 Å². The number of rotatable bonds is 5. The summed E-state index contributed by atoms with van der Waals surface area (Å²) in [4.78, 5) is 13.8. The van der Waals surface area contributed by atoms with E-state index in [2.05, 4.69) is 17.1 Å². The van der Waals surface area contributed by atoms with Crippen LogP contribution in [0.4, 0.5) is 5.69 Å². The van der Waals surface area contributed by atoms with Crippen LogP contribution in [0.25, 0.3) is 0 Å². The van der Waals surface area contributed by atoms with Crippen LogP contribution in [-0.2, 0) is 0 Å². The summed E-state index contributed by atoms with van der Waals surface area (Å²) in [5.41, 5.74) is 7.83. The third-order valence-electron chi connectivity index (χ3n) is 3.22. The van der Waals surface area contributed by atoms with Crippen LogP contribution >= 0.6 is 0 Å². The predicted octanol–water partition coefficient (Wildman–Crippen LogP) is 1.74. The quantitative estimate of drug-likeness (QED) is 0.817. The molecule has 1 aromatic heterocycles. The fourth-order valence-corrected chi connectivity index (χ4v) is 1.89. The number of carbonyl (C=O) groups excluding carboxylic acids is 1. The lowest BCUT2D eigenvalue weighted by Crippen LogP contribution is -2.28. The number of nitrogens with one attached hydrogen (secondary N) is 1. The zero-order chi connectivity index (χ0) is 12.4. The Morgan fingerprint density at radius 1 is 1.59 bits per heavy atom. The molecule has 1 fully saturated rings. The monoisotopic (exact) mass is 236 g/mol. The number of H-pyrrole nitrogens is 1. The predicted molar refractivity (Wildman–Crippen MR) is 66.8 cm³/mol. The van der Waals surface area contributed by atoms with Crippen molar-refractivity contribution in [2.75, 3.05) is 19.3 Å². The van der Waals surface area contributed by atoms with E-state index in [0.29, 0.717) is 17.3 Å². The Balaban J connectivity index is 2.08. The van der Waals surface area contributed by atoms with Crippen LogP contribution in [0.3, 0.4) is 0 Å². The van der Waals surface area contributed by atoms with E-state index in [1.54, 1.807) is 11.9 Å². The Morgan fingerprint density at radius 2 is 2.29 bits per heavy atom. The molecule has 0 atom stereocenters. The van der Waals surface area contributed by atoms with E-state index in [4.69, 9.17) is 5.73 Å². The van der Waals surface area contributed by atoms with E-state index < -0.39 is 0 Å². The molecule has 1 aromatic rings. The van der Waals surface area contributed by atoms with Crippen molar-refractivity contribution in [2.45, 2.75) is 38.5 Å². The number of aromatic amines is 1. The molecule has 1 aliphatic rings. The maximum Gasteiger partial charge on any atom is 0.276 e. The smallest absolute Gasteiger partial charge is 0.276 e. The summed E-state index contributed by atoms with van der Waals surface area (Å²) in [6, 6.07) is 0. The lowest BCUT2D eigenvalue weighted by Gasteiger charge is -2.15. The Bertz CT molecular complexity index is 409. The van der Waals surface area contributed by atoms with Gasteiger partial charge in [0.05, 0.1) is 11.4 Å². The first kappa shape index (κ1) is 12.0. The highest BCUT2D eigenvalue weighted by molar-refractivity contribution is 5.97. The van der Waals surface area contributed by atoms with Crippen LogP contribution in [0.2, 0.25) is 0 Å². The molecule has 94 valence electrons. The van der Waals surface area contributed by atoms with Crippen molar-refractivity contribution in [1.82, 2.24) is 15.1 Å². The summed E-state index contributed by atoms with van der Waals surface area (Å²) in [5, 5.41) is 6.97. The van der Waals surface area contributed by atoms with E-state index in [1.165, 1.54) is 0 Å². The SMILES string of the molecule is CCCCN(C)C(=O)c1n[nH]c(C2CC2)c1N. The van der Waals surface area contributed by atoms with Crippen molar-refractivity contribution in [1.29, 1.82) is 0 Å². The van der Waals surface area contributed by atoms with Crippen LogP contribution in [0.15, 0.2) is 0 Å². The molecule has 3 N–H and O–H groups in total. The molecule has 0 unspecified atom stereocenters. The van der Waals surface area contributed by atoms with E-state index in [-0.39, 0.29) is 5.91 Å². The molecule has 2 rings (SSSR count). The van der Waals surface area contributed by atoms with E-state index in [1.807, 2.05) is 0 Å². The van der Waals surface area contributed by atoms with Gasteiger partial charge in [0, 0.05) is 19.5 Å². The van der Waals surface area contributed by atoms with Crippen LogP contribution in [0, 0.1) is 0 Å².